The lowest BCUT2D eigenvalue weighted by atomic mass is 10.1. The van der Waals surface area contributed by atoms with Crippen molar-refractivity contribution in [2.45, 2.75) is 0 Å². The summed E-state index contributed by atoms with van der Waals surface area (Å²) < 4.78 is 10.6. The lowest BCUT2D eigenvalue weighted by Gasteiger charge is -2.07. The molecule has 152 valence electrons. The van der Waals surface area contributed by atoms with E-state index >= 15 is 0 Å². The number of amides is 1. The summed E-state index contributed by atoms with van der Waals surface area (Å²) in [6.45, 7) is -0.186. The summed E-state index contributed by atoms with van der Waals surface area (Å²) in [5.74, 6) is 1.13. The van der Waals surface area contributed by atoms with Gasteiger partial charge in [-0.3, -0.25) is 9.59 Å². The standard InChI is InChI=1S/C23H19ClN2O4/c1-29-19-8-2-16(3-9-19)4-12-21(27)17-5-10-20(11-6-17)30-15-23(28)26-22-13-7-18(24)14-25-22/h2-14H,15H2,1H3,(H,25,26,28)/b12-4+. The van der Waals surface area contributed by atoms with E-state index in [9.17, 15) is 9.59 Å². The van der Waals surface area contributed by atoms with Crippen molar-refractivity contribution in [3.63, 3.8) is 0 Å². The van der Waals surface area contributed by atoms with Crippen molar-refractivity contribution in [2.75, 3.05) is 19.0 Å². The number of allylic oxidation sites excluding steroid dienone is 1. The lowest BCUT2D eigenvalue weighted by molar-refractivity contribution is -0.118. The van der Waals surface area contributed by atoms with E-state index in [0.29, 0.717) is 22.2 Å². The highest BCUT2D eigenvalue weighted by Gasteiger charge is 2.06. The number of halogens is 1. The van der Waals surface area contributed by atoms with E-state index in [4.69, 9.17) is 21.1 Å². The quantitative estimate of drug-likeness (QED) is 0.422. The molecule has 0 bridgehead atoms. The van der Waals surface area contributed by atoms with Crippen LogP contribution in [0.15, 0.2) is 72.9 Å². The molecule has 3 rings (SSSR count). The van der Waals surface area contributed by atoms with Gasteiger partial charge in [0.15, 0.2) is 12.4 Å². The molecule has 1 amide bonds. The SMILES string of the molecule is COc1ccc(/C=C/C(=O)c2ccc(OCC(=O)Nc3ccc(Cl)cn3)cc2)cc1. The lowest BCUT2D eigenvalue weighted by Crippen LogP contribution is -2.20. The maximum Gasteiger partial charge on any atom is 0.263 e. The van der Waals surface area contributed by atoms with Crippen LogP contribution in [0, 0.1) is 0 Å². The number of carbonyl (C=O) groups is 2. The third-order valence-corrected chi connectivity index (χ3v) is 4.27. The van der Waals surface area contributed by atoms with Gasteiger partial charge in [-0.25, -0.2) is 4.98 Å². The van der Waals surface area contributed by atoms with Crippen LogP contribution in [0.25, 0.3) is 6.08 Å². The summed E-state index contributed by atoms with van der Waals surface area (Å²) in [7, 11) is 1.60. The summed E-state index contributed by atoms with van der Waals surface area (Å²) >= 11 is 5.75. The number of hydrogen-bond acceptors (Lipinski definition) is 5. The number of pyridine rings is 1. The number of aromatic nitrogens is 1. The monoisotopic (exact) mass is 422 g/mol. The molecule has 0 aliphatic rings. The number of hydrogen-bond donors (Lipinski definition) is 1. The minimum atomic E-state index is -0.354. The van der Waals surface area contributed by atoms with Gasteiger partial charge in [-0.1, -0.05) is 29.8 Å². The van der Waals surface area contributed by atoms with Crippen LogP contribution >= 0.6 is 11.6 Å². The molecular weight excluding hydrogens is 404 g/mol. The van der Waals surface area contributed by atoms with Crippen molar-refractivity contribution >= 4 is 35.2 Å². The third kappa shape index (κ3) is 6.18. The topological polar surface area (TPSA) is 77.5 Å². The Bertz CT molecular complexity index is 1030. The van der Waals surface area contributed by atoms with Crippen molar-refractivity contribution in [2.24, 2.45) is 0 Å². The smallest absolute Gasteiger partial charge is 0.263 e. The van der Waals surface area contributed by atoms with Gasteiger partial charge in [0.1, 0.15) is 17.3 Å². The highest BCUT2D eigenvalue weighted by molar-refractivity contribution is 6.30. The van der Waals surface area contributed by atoms with Crippen molar-refractivity contribution < 1.29 is 19.1 Å². The van der Waals surface area contributed by atoms with E-state index < -0.39 is 0 Å². The Hall–Kier alpha value is -3.64. The first kappa shape index (κ1) is 21.1. The van der Waals surface area contributed by atoms with E-state index in [1.165, 1.54) is 12.3 Å². The van der Waals surface area contributed by atoms with Gasteiger partial charge in [0.05, 0.1) is 12.1 Å². The predicted octanol–water partition coefficient (Wildman–Crippen LogP) is 4.66. The van der Waals surface area contributed by atoms with Gasteiger partial charge >= 0.3 is 0 Å². The van der Waals surface area contributed by atoms with E-state index in [1.807, 2.05) is 24.3 Å². The number of anilines is 1. The summed E-state index contributed by atoms with van der Waals surface area (Å²) in [5.41, 5.74) is 1.41. The van der Waals surface area contributed by atoms with Gasteiger partial charge in [-0.05, 0) is 60.2 Å². The van der Waals surface area contributed by atoms with Gasteiger partial charge in [-0.2, -0.15) is 0 Å². The maximum absolute atomic E-state index is 12.3. The molecule has 1 N–H and O–H groups in total. The fourth-order valence-corrected chi connectivity index (χ4v) is 2.59. The highest BCUT2D eigenvalue weighted by atomic mass is 35.5. The first-order valence-electron chi connectivity index (χ1n) is 9.04. The Kier molecular flexibility index (Phi) is 7.19. The molecule has 1 aromatic heterocycles. The molecule has 0 atom stereocenters. The van der Waals surface area contributed by atoms with Gasteiger partial charge in [0.2, 0.25) is 0 Å². The number of carbonyl (C=O) groups excluding carboxylic acids is 2. The molecule has 7 heteroatoms. The van der Waals surface area contributed by atoms with Crippen LogP contribution in [0.1, 0.15) is 15.9 Å². The van der Waals surface area contributed by atoms with Crippen molar-refractivity contribution in [3.05, 3.63) is 89.1 Å². The summed E-state index contributed by atoms with van der Waals surface area (Å²) in [6, 6.07) is 17.2. The Morgan fingerprint density at radius 1 is 1.00 bits per heavy atom. The normalized spacial score (nSPS) is 10.6. The number of ether oxygens (including phenoxy) is 2. The second kappa shape index (κ2) is 10.2. The molecule has 0 aliphatic carbocycles. The number of nitrogens with one attached hydrogen (secondary N) is 1. The predicted molar refractivity (Wildman–Crippen MR) is 116 cm³/mol. The van der Waals surface area contributed by atoms with Crippen molar-refractivity contribution in [1.29, 1.82) is 0 Å². The Balaban J connectivity index is 1.51. The minimum absolute atomic E-state index is 0.135. The fraction of sp³-hybridized carbons (Fsp3) is 0.0870. The van der Waals surface area contributed by atoms with Crippen LogP contribution in [-0.4, -0.2) is 30.4 Å². The minimum Gasteiger partial charge on any atom is -0.497 e. The second-order valence-electron chi connectivity index (χ2n) is 6.19. The zero-order chi connectivity index (χ0) is 21.3. The van der Waals surface area contributed by atoms with Gasteiger partial charge in [0, 0.05) is 11.8 Å². The largest absolute Gasteiger partial charge is 0.497 e. The summed E-state index contributed by atoms with van der Waals surface area (Å²) in [4.78, 5) is 28.2. The van der Waals surface area contributed by atoms with Gasteiger partial charge < -0.3 is 14.8 Å². The zero-order valence-corrected chi connectivity index (χ0v) is 16.9. The number of nitrogens with zero attached hydrogens (tertiary/aromatic N) is 1. The molecular formula is C23H19ClN2O4. The molecule has 6 nitrogen and oxygen atoms in total. The zero-order valence-electron chi connectivity index (χ0n) is 16.2. The molecule has 0 radical (unpaired) electrons. The van der Waals surface area contributed by atoms with E-state index in [1.54, 1.807) is 49.6 Å². The molecule has 0 fully saturated rings. The van der Waals surface area contributed by atoms with Crippen LogP contribution in [0.5, 0.6) is 11.5 Å². The number of rotatable bonds is 8. The highest BCUT2D eigenvalue weighted by Crippen LogP contribution is 2.15. The first-order chi connectivity index (χ1) is 14.5. The average molecular weight is 423 g/mol. The Morgan fingerprint density at radius 2 is 1.70 bits per heavy atom. The molecule has 2 aromatic carbocycles. The number of methoxy groups -OCH3 is 1. The fourth-order valence-electron chi connectivity index (χ4n) is 2.48. The van der Waals surface area contributed by atoms with Gasteiger partial charge in [-0.15, -0.1) is 0 Å². The van der Waals surface area contributed by atoms with E-state index in [0.717, 1.165) is 11.3 Å². The third-order valence-electron chi connectivity index (χ3n) is 4.05. The summed E-state index contributed by atoms with van der Waals surface area (Å²) in [6.07, 6.45) is 4.68. The molecule has 30 heavy (non-hydrogen) atoms. The Morgan fingerprint density at radius 3 is 2.33 bits per heavy atom. The van der Waals surface area contributed by atoms with Gasteiger partial charge in [0.25, 0.3) is 5.91 Å². The first-order valence-corrected chi connectivity index (χ1v) is 9.42. The Labute approximate surface area is 179 Å². The molecule has 1 heterocycles. The number of benzene rings is 2. The molecule has 0 aliphatic heterocycles. The summed E-state index contributed by atoms with van der Waals surface area (Å²) in [5, 5.41) is 3.09. The molecule has 3 aromatic rings. The average Bonchev–Trinajstić information content (AvgIpc) is 2.78. The van der Waals surface area contributed by atoms with Crippen LogP contribution in [0.4, 0.5) is 5.82 Å². The maximum atomic E-state index is 12.3. The molecule has 0 spiro atoms. The van der Waals surface area contributed by atoms with Crippen molar-refractivity contribution in [1.82, 2.24) is 4.98 Å². The van der Waals surface area contributed by atoms with Crippen LogP contribution in [0.3, 0.4) is 0 Å². The van der Waals surface area contributed by atoms with Crippen LogP contribution in [0.2, 0.25) is 5.02 Å². The van der Waals surface area contributed by atoms with Crippen LogP contribution < -0.4 is 14.8 Å². The number of ketones is 1. The van der Waals surface area contributed by atoms with E-state index in [-0.39, 0.29) is 18.3 Å². The second-order valence-corrected chi connectivity index (χ2v) is 6.63. The molecule has 0 saturated carbocycles. The van der Waals surface area contributed by atoms with Crippen molar-refractivity contribution in [3.8, 4) is 11.5 Å². The van der Waals surface area contributed by atoms with E-state index in [2.05, 4.69) is 10.3 Å². The molecule has 0 unspecified atom stereocenters. The molecule has 0 saturated heterocycles. The van der Waals surface area contributed by atoms with Crippen LogP contribution in [-0.2, 0) is 4.79 Å².